The van der Waals surface area contributed by atoms with Crippen LogP contribution in [0.2, 0.25) is 0 Å². The van der Waals surface area contributed by atoms with Gasteiger partial charge in [0.2, 0.25) is 0 Å². The molecule has 0 saturated carbocycles. The first-order valence-electron chi connectivity index (χ1n) is 7.40. The maximum absolute atomic E-state index is 12.0. The van der Waals surface area contributed by atoms with Crippen molar-refractivity contribution in [2.45, 2.75) is 13.8 Å². The number of carbonyl (C=O) groups is 2. The summed E-state index contributed by atoms with van der Waals surface area (Å²) in [5.41, 5.74) is 5.93. The minimum atomic E-state index is -0.582. The Hall–Kier alpha value is -3.42. The summed E-state index contributed by atoms with van der Waals surface area (Å²) in [7, 11) is 0. The standard InChI is InChI=1S/C17H17N3O5/c1-11-4-3-5-14(8-11)25-10-16(21)18-19-17(22)13-6-7-15(20(23)24)12(2)9-13/h3-9H,10H2,1-2H3,(H,18,21)(H,19,22). The summed E-state index contributed by atoms with van der Waals surface area (Å²) < 4.78 is 5.31. The lowest BCUT2D eigenvalue weighted by Gasteiger charge is -2.09. The van der Waals surface area contributed by atoms with Crippen LogP contribution in [0.15, 0.2) is 42.5 Å². The Balaban J connectivity index is 1.86. The summed E-state index contributed by atoms with van der Waals surface area (Å²) in [5.74, 6) is -0.567. The Labute approximate surface area is 143 Å². The molecular formula is C17H17N3O5. The van der Waals surface area contributed by atoms with Gasteiger partial charge in [-0.05, 0) is 43.7 Å². The number of ether oxygens (including phenoxy) is 1. The van der Waals surface area contributed by atoms with Crippen molar-refractivity contribution in [3.63, 3.8) is 0 Å². The number of hydrazine groups is 1. The number of hydrogen-bond acceptors (Lipinski definition) is 5. The average Bonchev–Trinajstić information content (AvgIpc) is 2.57. The van der Waals surface area contributed by atoms with Crippen molar-refractivity contribution in [1.82, 2.24) is 10.9 Å². The lowest BCUT2D eigenvalue weighted by Crippen LogP contribution is -2.43. The lowest BCUT2D eigenvalue weighted by molar-refractivity contribution is -0.385. The SMILES string of the molecule is Cc1cccc(OCC(=O)NNC(=O)c2ccc([N+](=O)[O-])c(C)c2)c1. The van der Waals surface area contributed by atoms with Gasteiger partial charge in [-0.3, -0.25) is 30.6 Å². The van der Waals surface area contributed by atoms with Crippen molar-refractivity contribution in [2.75, 3.05) is 6.61 Å². The molecule has 0 aliphatic carbocycles. The van der Waals surface area contributed by atoms with Gasteiger partial charge in [-0.25, -0.2) is 0 Å². The van der Waals surface area contributed by atoms with Gasteiger partial charge in [-0.15, -0.1) is 0 Å². The molecule has 0 aromatic heterocycles. The first-order chi connectivity index (χ1) is 11.9. The van der Waals surface area contributed by atoms with E-state index in [1.54, 1.807) is 18.2 Å². The molecule has 0 aliphatic heterocycles. The van der Waals surface area contributed by atoms with Crippen molar-refractivity contribution < 1.29 is 19.2 Å². The number of benzene rings is 2. The summed E-state index contributed by atoms with van der Waals surface area (Å²) in [6.07, 6.45) is 0. The predicted molar refractivity (Wildman–Crippen MR) is 90.1 cm³/mol. The molecule has 0 aliphatic rings. The van der Waals surface area contributed by atoms with Gasteiger partial charge in [0, 0.05) is 17.2 Å². The quantitative estimate of drug-likeness (QED) is 0.638. The van der Waals surface area contributed by atoms with Crippen LogP contribution in [-0.2, 0) is 4.79 Å². The van der Waals surface area contributed by atoms with Crippen molar-refractivity contribution >= 4 is 17.5 Å². The summed E-state index contributed by atoms with van der Waals surface area (Å²) in [6, 6.07) is 11.1. The van der Waals surface area contributed by atoms with Gasteiger partial charge in [0.25, 0.3) is 17.5 Å². The molecule has 0 radical (unpaired) electrons. The Bertz CT molecular complexity index is 820. The number of carbonyl (C=O) groups excluding carboxylic acids is 2. The maximum Gasteiger partial charge on any atom is 0.276 e. The lowest BCUT2D eigenvalue weighted by atomic mass is 10.1. The monoisotopic (exact) mass is 343 g/mol. The van der Waals surface area contributed by atoms with Crippen LogP contribution in [0.25, 0.3) is 0 Å². The molecule has 2 aromatic carbocycles. The highest BCUT2D eigenvalue weighted by Crippen LogP contribution is 2.18. The van der Waals surface area contributed by atoms with Crippen LogP contribution in [0.3, 0.4) is 0 Å². The highest BCUT2D eigenvalue weighted by atomic mass is 16.6. The second-order valence-electron chi connectivity index (χ2n) is 5.37. The van der Waals surface area contributed by atoms with Crippen LogP contribution in [-0.4, -0.2) is 23.3 Å². The highest BCUT2D eigenvalue weighted by Gasteiger charge is 2.14. The summed E-state index contributed by atoms with van der Waals surface area (Å²) in [6.45, 7) is 3.17. The molecule has 2 aromatic rings. The molecule has 8 heteroatoms. The molecule has 0 saturated heterocycles. The molecule has 0 heterocycles. The molecule has 8 nitrogen and oxygen atoms in total. The molecule has 2 amide bonds. The zero-order valence-corrected chi connectivity index (χ0v) is 13.7. The van der Waals surface area contributed by atoms with Gasteiger partial charge in [-0.1, -0.05) is 12.1 Å². The van der Waals surface area contributed by atoms with E-state index in [9.17, 15) is 19.7 Å². The Morgan fingerprint density at radius 1 is 1.12 bits per heavy atom. The van der Waals surface area contributed by atoms with Crippen LogP contribution in [0, 0.1) is 24.0 Å². The minimum Gasteiger partial charge on any atom is -0.484 e. The normalized spacial score (nSPS) is 10.0. The van der Waals surface area contributed by atoms with Crippen LogP contribution in [0.4, 0.5) is 5.69 Å². The van der Waals surface area contributed by atoms with E-state index in [0.717, 1.165) is 5.56 Å². The van der Waals surface area contributed by atoms with Crippen LogP contribution in [0.1, 0.15) is 21.5 Å². The average molecular weight is 343 g/mol. The van der Waals surface area contributed by atoms with Gasteiger partial charge in [0.1, 0.15) is 5.75 Å². The number of hydrogen-bond donors (Lipinski definition) is 2. The fourth-order valence-electron chi connectivity index (χ4n) is 2.09. The summed E-state index contributed by atoms with van der Waals surface area (Å²) in [4.78, 5) is 33.9. The number of rotatable bonds is 5. The van der Waals surface area contributed by atoms with Gasteiger partial charge >= 0.3 is 0 Å². The zero-order valence-electron chi connectivity index (χ0n) is 13.7. The van der Waals surface area contributed by atoms with E-state index in [1.165, 1.54) is 25.1 Å². The Morgan fingerprint density at radius 3 is 2.52 bits per heavy atom. The summed E-state index contributed by atoms with van der Waals surface area (Å²) in [5, 5.41) is 10.8. The molecule has 0 bridgehead atoms. The van der Waals surface area contributed by atoms with E-state index in [1.807, 2.05) is 13.0 Å². The van der Waals surface area contributed by atoms with Crippen molar-refractivity contribution in [2.24, 2.45) is 0 Å². The number of nitro groups is 1. The largest absolute Gasteiger partial charge is 0.484 e. The van der Waals surface area contributed by atoms with Gasteiger partial charge < -0.3 is 4.74 Å². The highest BCUT2D eigenvalue weighted by molar-refractivity contribution is 5.95. The van der Waals surface area contributed by atoms with Gasteiger partial charge in [-0.2, -0.15) is 0 Å². The van der Waals surface area contributed by atoms with E-state index in [0.29, 0.717) is 11.3 Å². The van der Waals surface area contributed by atoms with Crippen molar-refractivity contribution in [1.29, 1.82) is 0 Å². The number of amides is 2. The molecule has 0 spiro atoms. The maximum atomic E-state index is 12.0. The second kappa shape index (κ2) is 7.91. The second-order valence-corrected chi connectivity index (χ2v) is 5.37. The minimum absolute atomic E-state index is 0.0767. The third-order valence-corrected chi connectivity index (χ3v) is 3.33. The van der Waals surface area contributed by atoms with Crippen molar-refractivity contribution in [3.05, 3.63) is 69.3 Å². The molecule has 0 fully saturated rings. The van der Waals surface area contributed by atoms with E-state index in [-0.39, 0.29) is 17.9 Å². The Morgan fingerprint density at radius 2 is 1.88 bits per heavy atom. The van der Waals surface area contributed by atoms with E-state index in [2.05, 4.69) is 10.9 Å². The van der Waals surface area contributed by atoms with Gasteiger partial charge in [0.15, 0.2) is 6.61 Å². The molecule has 130 valence electrons. The predicted octanol–water partition coefficient (Wildman–Crippen LogP) is 2.05. The van der Waals surface area contributed by atoms with E-state index >= 15 is 0 Å². The number of nitrogens with one attached hydrogen (secondary N) is 2. The van der Waals surface area contributed by atoms with Crippen LogP contribution in [0.5, 0.6) is 5.75 Å². The smallest absolute Gasteiger partial charge is 0.276 e. The fourth-order valence-corrected chi connectivity index (χ4v) is 2.09. The molecular weight excluding hydrogens is 326 g/mol. The van der Waals surface area contributed by atoms with E-state index < -0.39 is 16.7 Å². The third-order valence-electron chi connectivity index (χ3n) is 3.33. The zero-order chi connectivity index (χ0) is 18.4. The van der Waals surface area contributed by atoms with Gasteiger partial charge in [0.05, 0.1) is 4.92 Å². The fraction of sp³-hybridized carbons (Fsp3) is 0.176. The molecule has 2 N–H and O–H groups in total. The van der Waals surface area contributed by atoms with Crippen molar-refractivity contribution in [3.8, 4) is 5.75 Å². The first-order valence-corrected chi connectivity index (χ1v) is 7.40. The molecule has 0 atom stereocenters. The number of nitrogens with zero attached hydrogens (tertiary/aromatic N) is 1. The molecule has 0 unspecified atom stereocenters. The number of aryl methyl sites for hydroxylation is 2. The molecule has 25 heavy (non-hydrogen) atoms. The van der Waals surface area contributed by atoms with Crippen LogP contribution >= 0.6 is 0 Å². The first kappa shape index (κ1) is 17.9. The number of nitro benzene ring substituents is 1. The topological polar surface area (TPSA) is 111 Å². The Kier molecular flexibility index (Phi) is 5.67. The van der Waals surface area contributed by atoms with E-state index in [4.69, 9.17) is 4.74 Å². The van der Waals surface area contributed by atoms with Crippen LogP contribution < -0.4 is 15.6 Å². The molecule has 2 rings (SSSR count). The third kappa shape index (κ3) is 5.03. The summed E-state index contributed by atoms with van der Waals surface area (Å²) >= 11 is 0.